The van der Waals surface area contributed by atoms with E-state index in [4.69, 9.17) is 18.4 Å². The van der Waals surface area contributed by atoms with Crippen LogP contribution in [-0.4, -0.2) is 53.4 Å². The standard InChI is InChI=1S/C21H26INO7S/c1-21(2,3)30-20(24)23-10-13(11-29-31(5,25)26)16-14-8-6-7-9-15(14)19(28-12-27-4)17(22)18(16)23/h6-9,13H,10-12H2,1-5H3/t13-/m0/s1. The second-order valence-corrected chi connectivity index (χ2v) is 11.0. The molecule has 0 saturated heterocycles. The van der Waals surface area contributed by atoms with E-state index < -0.39 is 21.8 Å². The number of carbonyl (C=O) groups is 1. The number of carbonyl (C=O) groups excluding carboxylic acids is 1. The number of amides is 1. The summed E-state index contributed by atoms with van der Waals surface area (Å²) in [5.74, 6) is 0.238. The van der Waals surface area contributed by atoms with Gasteiger partial charge in [-0.25, -0.2) is 4.79 Å². The van der Waals surface area contributed by atoms with Crippen molar-refractivity contribution in [3.63, 3.8) is 0 Å². The Morgan fingerprint density at radius 2 is 1.87 bits per heavy atom. The van der Waals surface area contributed by atoms with E-state index in [1.165, 1.54) is 12.0 Å². The molecule has 0 aliphatic carbocycles. The average molecular weight is 563 g/mol. The van der Waals surface area contributed by atoms with E-state index in [9.17, 15) is 13.2 Å². The quantitative estimate of drug-likeness (QED) is 0.295. The lowest BCUT2D eigenvalue weighted by molar-refractivity contribution is 0.0516. The molecule has 0 saturated carbocycles. The second kappa shape index (κ2) is 9.08. The molecular weight excluding hydrogens is 537 g/mol. The normalized spacial score (nSPS) is 16.5. The van der Waals surface area contributed by atoms with Crippen LogP contribution < -0.4 is 9.64 Å². The summed E-state index contributed by atoms with van der Waals surface area (Å²) in [7, 11) is -2.11. The van der Waals surface area contributed by atoms with Gasteiger partial charge in [0.1, 0.15) is 11.4 Å². The lowest BCUT2D eigenvalue weighted by Crippen LogP contribution is -2.37. The Labute approximate surface area is 196 Å². The van der Waals surface area contributed by atoms with Gasteiger partial charge in [-0.2, -0.15) is 8.42 Å². The molecule has 1 atom stereocenters. The zero-order valence-corrected chi connectivity index (χ0v) is 21.1. The van der Waals surface area contributed by atoms with Crippen molar-refractivity contribution in [2.45, 2.75) is 32.3 Å². The molecule has 1 amide bonds. The number of methoxy groups -OCH3 is 1. The molecule has 3 rings (SSSR count). The van der Waals surface area contributed by atoms with Crippen LogP contribution in [0.4, 0.5) is 10.5 Å². The summed E-state index contributed by atoms with van der Waals surface area (Å²) < 4.78 is 45.7. The zero-order chi connectivity index (χ0) is 23.0. The molecule has 0 aromatic heterocycles. The number of fused-ring (bicyclic) bond motifs is 3. The van der Waals surface area contributed by atoms with Crippen molar-refractivity contribution >= 4 is 55.3 Å². The van der Waals surface area contributed by atoms with Crippen molar-refractivity contribution in [1.82, 2.24) is 0 Å². The number of rotatable bonds is 6. The molecule has 10 heteroatoms. The number of hydrogen-bond donors (Lipinski definition) is 0. The molecule has 0 bridgehead atoms. The smallest absolute Gasteiger partial charge is 0.414 e. The summed E-state index contributed by atoms with van der Waals surface area (Å²) in [6.07, 6.45) is 0.499. The van der Waals surface area contributed by atoms with Gasteiger partial charge in [0.05, 0.1) is 22.1 Å². The molecule has 2 aromatic rings. The van der Waals surface area contributed by atoms with Crippen molar-refractivity contribution in [2.75, 3.05) is 38.2 Å². The van der Waals surface area contributed by atoms with Crippen LogP contribution in [0.1, 0.15) is 32.3 Å². The molecule has 0 unspecified atom stereocenters. The molecule has 8 nitrogen and oxygen atoms in total. The lowest BCUT2D eigenvalue weighted by Gasteiger charge is -2.26. The monoisotopic (exact) mass is 563 g/mol. The predicted molar refractivity (Wildman–Crippen MR) is 126 cm³/mol. The van der Waals surface area contributed by atoms with Crippen molar-refractivity contribution in [1.29, 1.82) is 0 Å². The Balaban J connectivity index is 2.20. The van der Waals surface area contributed by atoms with Crippen molar-refractivity contribution < 1.29 is 31.6 Å². The third-order valence-corrected chi connectivity index (χ3v) is 6.19. The van der Waals surface area contributed by atoms with Crippen LogP contribution in [0.25, 0.3) is 10.8 Å². The number of nitrogens with zero attached hydrogens (tertiary/aromatic N) is 1. The van der Waals surface area contributed by atoms with Gasteiger partial charge in [0.15, 0.2) is 6.79 Å². The molecule has 1 heterocycles. The van der Waals surface area contributed by atoms with Crippen molar-refractivity contribution in [3.05, 3.63) is 33.4 Å². The van der Waals surface area contributed by atoms with E-state index in [2.05, 4.69) is 22.6 Å². The highest BCUT2D eigenvalue weighted by molar-refractivity contribution is 14.1. The van der Waals surface area contributed by atoms with Gasteiger partial charge in [0.2, 0.25) is 0 Å². The van der Waals surface area contributed by atoms with E-state index >= 15 is 0 Å². The molecular formula is C21H26INO7S. The van der Waals surface area contributed by atoms with Gasteiger partial charge < -0.3 is 14.2 Å². The van der Waals surface area contributed by atoms with Gasteiger partial charge >= 0.3 is 6.09 Å². The number of halogens is 1. The van der Waals surface area contributed by atoms with E-state index in [0.29, 0.717) is 11.4 Å². The fourth-order valence-electron chi connectivity index (χ4n) is 3.55. The van der Waals surface area contributed by atoms with E-state index in [1.54, 1.807) is 20.8 Å². The van der Waals surface area contributed by atoms with Crippen LogP contribution in [0.2, 0.25) is 0 Å². The highest BCUT2D eigenvalue weighted by Crippen LogP contribution is 2.49. The summed E-state index contributed by atoms with van der Waals surface area (Å²) in [6, 6.07) is 7.64. The number of anilines is 1. The Hall–Kier alpha value is -1.63. The molecule has 1 aliphatic rings. The second-order valence-electron chi connectivity index (χ2n) is 8.28. The topological polar surface area (TPSA) is 91.4 Å². The van der Waals surface area contributed by atoms with E-state index in [1.807, 2.05) is 24.3 Å². The average Bonchev–Trinajstić information content (AvgIpc) is 3.05. The Bertz CT molecular complexity index is 1100. The number of ether oxygens (including phenoxy) is 3. The maximum absolute atomic E-state index is 13.1. The SMILES string of the molecule is COCOc1c(I)c2c(c3ccccc13)[C@H](COS(C)(=O)=O)CN2C(=O)OC(C)(C)C. The van der Waals surface area contributed by atoms with Crippen LogP contribution in [0, 0.1) is 3.57 Å². The zero-order valence-electron chi connectivity index (χ0n) is 18.1. The Morgan fingerprint density at radius 1 is 1.23 bits per heavy atom. The molecule has 0 spiro atoms. The third-order valence-electron chi connectivity index (χ3n) is 4.62. The molecule has 1 aliphatic heterocycles. The molecule has 2 aromatic carbocycles. The van der Waals surface area contributed by atoms with Crippen LogP contribution in [0.3, 0.4) is 0 Å². The van der Waals surface area contributed by atoms with Gasteiger partial charge in [-0.3, -0.25) is 9.08 Å². The maximum atomic E-state index is 13.1. The van der Waals surface area contributed by atoms with Crippen LogP contribution >= 0.6 is 22.6 Å². The minimum Gasteiger partial charge on any atom is -0.466 e. The fourth-order valence-corrected chi connectivity index (χ4v) is 4.99. The third kappa shape index (κ3) is 5.41. The molecule has 31 heavy (non-hydrogen) atoms. The summed E-state index contributed by atoms with van der Waals surface area (Å²) in [4.78, 5) is 14.6. The van der Waals surface area contributed by atoms with Gasteiger partial charge in [-0.15, -0.1) is 0 Å². The van der Waals surface area contributed by atoms with Crippen molar-refractivity contribution in [3.8, 4) is 5.75 Å². The Kier molecular flexibility index (Phi) is 7.04. The lowest BCUT2D eigenvalue weighted by atomic mass is 9.95. The van der Waals surface area contributed by atoms with Crippen LogP contribution in [0.5, 0.6) is 5.75 Å². The van der Waals surface area contributed by atoms with Gasteiger partial charge in [0.25, 0.3) is 10.1 Å². The predicted octanol–water partition coefficient (Wildman–Crippen LogP) is 4.24. The van der Waals surface area contributed by atoms with E-state index in [-0.39, 0.29) is 25.9 Å². The first kappa shape index (κ1) is 24.0. The minimum absolute atomic E-state index is 0.0475. The van der Waals surface area contributed by atoms with Gasteiger partial charge in [-0.1, -0.05) is 24.3 Å². The summed E-state index contributed by atoms with van der Waals surface area (Å²) >= 11 is 2.15. The van der Waals surface area contributed by atoms with Crippen LogP contribution in [0.15, 0.2) is 24.3 Å². The van der Waals surface area contributed by atoms with Crippen molar-refractivity contribution in [2.24, 2.45) is 0 Å². The fraction of sp³-hybridized carbons (Fsp3) is 0.476. The van der Waals surface area contributed by atoms with Gasteiger partial charge in [0, 0.05) is 25.0 Å². The molecule has 0 radical (unpaired) electrons. The molecule has 0 N–H and O–H groups in total. The largest absolute Gasteiger partial charge is 0.466 e. The number of benzene rings is 2. The maximum Gasteiger partial charge on any atom is 0.414 e. The Morgan fingerprint density at radius 3 is 2.45 bits per heavy atom. The van der Waals surface area contributed by atoms with Crippen LogP contribution in [-0.2, 0) is 23.8 Å². The summed E-state index contributed by atoms with van der Waals surface area (Å²) in [5, 5.41) is 1.70. The molecule has 170 valence electrons. The summed E-state index contributed by atoms with van der Waals surface area (Å²) in [6.45, 7) is 5.59. The summed E-state index contributed by atoms with van der Waals surface area (Å²) in [5.41, 5.74) is 0.789. The first-order valence-corrected chi connectivity index (χ1v) is 12.5. The highest BCUT2D eigenvalue weighted by atomic mass is 127. The van der Waals surface area contributed by atoms with E-state index in [0.717, 1.165) is 26.2 Å². The minimum atomic E-state index is -3.64. The highest BCUT2D eigenvalue weighted by Gasteiger charge is 2.40. The first-order valence-electron chi connectivity index (χ1n) is 9.63. The number of hydrogen-bond acceptors (Lipinski definition) is 7. The molecule has 0 fully saturated rings. The van der Waals surface area contributed by atoms with Gasteiger partial charge in [-0.05, 0) is 54.3 Å². The first-order chi connectivity index (χ1) is 14.4.